The molecule has 130 valence electrons. The van der Waals surface area contributed by atoms with Gasteiger partial charge in [-0.15, -0.1) is 0 Å². The molecule has 0 bridgehead atoms. The van der Waals surface area contributed by atoms with Gasteiger partial charge in [0, 0.05) is 6.54 Å². The molecule has 0 unspecified atom stereocenters. The van der Waals surface area contributed by atoms with Crippen LogP contribution in [0.5, 0.6) is 0 Å². The Morgan fingerprint density at radius 1 is 1.20 bits per heavy atom. The molecule has 0 spiro atoms. The number of nitrogens with zero attached hydrogens (tertiary/aromatic N) is 2. The molecule has 0 saturated carbocycles. The first-order valence-electron chi connectivity index (χ1n) is 8.38. The summed E-state index contributed by atoms with van der Waals surface area (Å²) in [6.07, 6.45) is 0. The van der Waals surface area contributed by atoms with Gasteiger partial charge in [0.05, 0.1) is 17.9 Å². The zero-order valence-corrected chi connectivity index (χ0v) is 14.9. The van der Waals surface area contributed by atoms with Crippen molar-refractivity contribution in [1.29, 1.82) is 0 Å². The molecule has 1 heterocycles. The third kappa shape index (κ3) is 3.88. The number of likely N-dealkylation sites (N-methyl/N-ethyl adjacent to an activating group) is 1. The second-order valence-electron chi connectivity index (χ2n) is 6.65. The van der Waals surface area contributed by atoms with Gasteiger partial charge in [0.2, 0.25) is 11.8 Å². The van der Waals surface area contributed by atoms with Gasteiger partial charge >= 0.3 is 0 Å². The first kappa shape index (κ1) is 17.2. The topological polar surface area (TPSA) is 52.7 Å². The largest absolute Gasteiger partial charge is 0.323 e. The molecule has 3 rings (SSSR count). The van der Waals surface area contributed by atoms with Crippen LogP contribution in [0, 0.1) is 13.8 Å². The maximum atomic E-state index is 12.8. The minimum absolute atomic E-state index is 0.0627. The van der Waals surface area contributed by atoms with Crippen LogP contribution in [-0.4, -0.2) is 36.9 Å². The Balaban J connectivity index is 1.70. The highest BCUT2D eigenvalue weighted by molar-refractivity contribution is 6.10. The van der Waals surface area contributed by atoms with E-state index in [1.807, 2.05) is 36.2 Å². The second kappa shape index (κ2) is 7.07. The van der Waals surface area contributed by atoms with Gasteiger partial charge in [0.25, 0.3) is 0 Å². The number of hydrogen-bond donors (Lipinski definition) is 1. The highest BCUT2D eigenvalue weighted by Gasteiger charge is 2.27. The van der Waals surface area contributed by atoms with Crippen LogP contribution in [0.1, 0.15) is 16.7 Å². The molecule has 2 aromatic rings. The van der Waals surface area contributed by atoms with Crippen molar-refractivity contribution in [2.45, 2.75) is 20.4 Å². The van der Waals surface area contributed by atoms with Crippen LogP contribution in [0.25, 0.3) is 0 Å². The number of anilines is 2. The summed E-state index contributed by atoms with van der Waals surface area (Å²) in [6.45, 7) is 5.17. The Morgan fingerprint density at radius 3 is 2.72 bits per heavy atom. The van der Waals surface area contributed by atoms with Crippen molar-refractivity contribution < 1.29 is 9.59 Å². The van der Waals surface area contributed by atoms with Gasteiger partial charge in [-0.25, -0.2) is 0 Å². The Labute approximate surface area is 148 Å². The molecule has 0 radical (unpaired) electrons. The maximum absolute atomic E-state index is 12.8. The maximum Gasteiger partial charge on any atom is 0.244 e. The lowest BCUT2D eigenvalue weighted by Crippen LogP contribution is -2.45. The molecule has 2 amide bonds. The summed E-state index contributed by atoms with van der Waals surface area (Å²) in [5, 5.41) is 2.80. The smallest absolute Gasteiger partial charge is 0.244 e. The van der Waals surface area contributed by atoms with E-state index in [0.717, 1.165) is 5.69 Å². The lowest BCUT2D eigenvalue weighted by atomic mass is 10.1. The highest BCUT2D eigenvalue weighted by atomic mass is 16.2. The molecule has 0 atom stereocenters. The van der Waals surface area contributed by atoms with E-state index in [1.165, 1.54) is 16.7 Å². The summed E-state index contributed by atoms with van der Waals surface area (Å²) in [5.41, 5.74) is 5.10. The predicted molar refractivity (Wildman–Crippen MR) is 99.7 cm³/mol. The van der Waals surface area contributed by atoms with Gasteiger partial charge in [-0.1, -0.05) is 35.9 Å². The van der Waals surface area contributed by atoms with E-state index in [4.69, 9.17) is 0 Å². The third-order valence-electron chi connectivity index (χ3n) is 4.42. The van der Waals surface area contributed by atoms with Crippen molar-refractivity contribution in [2.75, 3.05) is 30.4 Å². The van der Waals surface area contributed by atoms with Crippen molar-refractivity contribution >= 4 is 23.2 Å². The van der Waals surface area contributed by atoms with Gasteiger partial charge in [0.1, 0.15) is 6.54 Å². The summed E-state index contributed by atoms with van der Waals surface area (Å²) < 4.78 is 0. The molecule has 0 fully saturated rings. The monoisotopic (exact) mass is 337 g/mol. The number of para-hydroxylation sites is 2. The lowest BCUT2D eigenvalue weighted by molar-refractivity contribution is -0.122. The fourth-order valence-corrected chi connectivity index (χ4v) is 3.14. The van der Waals surface area contributed by atoms with Gasteiger partial charge < -0.3 is 5.32 Å². The van der Waals surface area contributed by atoms with E-state index in [-0.39, 0.29) is 24.9 Å². The number of rotatable bonds is 4. The van der Waals surface area contributed by atoms with E-state index in [2.05, 4.69) is 37.4 Å². The second-order valence-corrected chi connectivity index (χ2v) is 6.65. The standard InChI is InChI=1S/C20H23N3O2/c1-14-8-9-16(15(2)10-14)11-22(3)13-20(25)23-12-19(24)21-17-6-4-5-7-18(17)23/h4-10H,11-13H2,1-3H3,(H,21,24). The summed E-state index contributed by atoms with van der Waals surface area (Å²) >= 11 is 0. The molecule has 1 N–H and O–H groups in total. The summed E-state index contributed by atoms with van der Waals surface area (Å²) in [6, 6.07) is 13.7. The Morgan fingerprint density at radius 2 is 1.96 bits per heavy atom. The summed E-state index contributed by atoms with van der Waals surface area (Å²) in [4.78, 5) is 28.2. The van der Waals surface area contributed by atoms with Crippen LogP contribution in [0.4, 0.5) is 11.4 Å². The van der Waals surface area contributed by atoms with Crippen molar-refractivity contribution in [3.05, 3.63) is 59.2 Å². The van der Waals surface area contributed by atoms with Crippen molar-refractivity contribution in [2.24, 2.45) is 0 Å². The Bertz CT molecular complexity index is 816. The van der Waals surface area contributed by atoms with Crippen molar-refractivity contribution in [3.63, 3.8) is 0 Å². The third-order valence-corrected chi connectivity index (χ3v) is 4.42. The van der Waals surface area contributed by atoms with E-state index >= 15 is 0 Å². The number of fused-ring (bicyclic) bond motifs is 1. The molecule has 0 saturated heterocycles. The average molecular weight is 337 g/mol. The number of aryl methyl sites for hydroxylation is 2. The molecular formula is C20H23N3O2. The van der Waals surface area contributed by atoms with E-state index in [9.17, 15) is 9.59 Å². The van der Waals surface area contributed by atoms with Crippen LogP contribution < -0.4 is 10.2 Å². The highest BCUT2D eigenvalue weighted by Crippen LogP contribution is 2.29. The number of carbonyl (C=O) groups is 2. The number of amides is 2. The van der Waals surface area contributed by atoms with E-state index in [0.29, 0.717) is 12.2 Å². The molecule has 1 aliphatic rings. The van der Waals surface area contributed by atoms with Crippen LogP contribution in [0.3, 0.4) is 0 Å². The van der Waals surface area contributed by atoms with Gasteiger partial charge in [-0.05, 0) is 44.2 Å². The Kier molecular flexibility index (Phi) is 4.86. The number of hydrogen-bond acceptors (Lipinski definition) is 3. The van der Waals surface area contributed by atoms with Crippen LogP contribution in [0.2, 0.25) is 0 Å². The molecule has 0 aromatic heterocycles. The quantitative estimate of drug-likeness (QED) is 0.933. The first-order valence-corrected chi connectivity index (χ1v) is 8.38. The van der Waals surface area contributed by atoms with Crippen LogP contribution in [0.15, 0.2) is 42.5 Å². The van der Waals surface area contributed by atoms with Crippen molar-refractivity contribution in [1.82, 2.24) is 4.90 Å². The lowest BCUT2D eigenvalue weighted by Gasteiger charge is -2.30. The summed E-state index contributed by atoms with van der Waals surface area (Å²) in [7, 11) is 1.92. The Hall–Kier alpha value is -2.66. The zero-order valence-electron chi connectivity index (χ0n) is 14.9. The van der Waals surface area contributed by atoms with Crippen LogP contribution >= 0.6 is 0 Å². The number of benzene rings is 2. The van der Waals surface area contributed by atoms with Crippen molar-refractivity contribution in [3.8, 4) is 0 Å². The fraction of sp³-hybridized carbons (Fsp3) is 0.300. The SMILES string of the molecule is Cc1ccc(CN(C)CC(=O)N2CC(=O)Nc3ccccc32)c(C)c1. The number of nitrogens with one attached hydrogen (secondary N) is 1. The predicted octanol–water partition coefficient (Wildman–Crippen LogP) is 2.72. The molecule has 0 aliphatic carbocycles. The van der Waals surface area contributed by atoms with E-state index < -0.39 is 0 Å². The molecule has 5 nitrogen and oxygen atoms in total. The minimum Gasteiger partial charge on any atom is -0.323 e. The summed E-state index contributed by atoms with van der Waals surface area (Å²) in [5.74, 6) is -0.237. The fourth-order valence-electron chi connectivity index (χ4n) is 3.14. The number of carbonyl (C=O) groups excluding carboxylic acids is 2. The minimum atomic E-state index is -0.163. The molecular weight excluding hydrogens is 314 g/mol. The zero-order chi connectivity index (χ0) is 18.0. The molecule has 1 aliphatic heterocycles. The van der Waals surface area contributed by atoms with Crippen LogP contribution in [-0.2, 0) is 16.1 Å². The average Bonchev–Trinajstić information content (AvgIpc) is 2.56. The van der Waals surface area contributed by atoms with Gasteiger partial charge in [-0.3, -0.25) is 19.4 Å². The molecule has 2 aromatic carbocycles. The normalized spacial score (nSPS) is 13.6. The van der Waals surface area contributed by atoms with E-state index in [1.54, 1.807) is 4.90 Å². The van der Waals surface area contributed by atoms with Gasteiger partial charge in [0.15, 0.2) is 0 Å². The molecule has 5 heteroatoms. The van der Waals surface area contributed by atoms with Gasteiger partial charge in [-0.2, -0.15) is 0 Å². The first-order chi connectivity index (χ1) is 11.9. The molecule has 25 heavy (non-hydrogen) atoms.